The number of para-hydroxylation sites is 1. The van der Waals surface area contributed by atoms with Crippen molar-refractivity contribution in [1.29, 1.82) is 0 Å². The van der Waals surface area contributed by atoms with Gasteiger partial charge in [0.2, 0.25) is 0 Å². The van der Waals surface area contributed by atoms with Crippen molar-refractivity contribution in [3.8, 4) is 5.75 Å². The molecule has 1 aliphatic carbocycles. The summed E-state index contributed by atoms with van der Waals surface area (Å²) in [6, 6.07) is 9.24. The molecule has 1 heterocycles. The summed E-state index contributed by atoms with van der Waals surface area (Å²) in [6.45, 7) is 8.28. The van der Waals surface area contributed by atoms with Crippen molar-refractivity contribution in [1.82, 2.24) is 9.80 Å². The first-order valence-electron chi connectivity index (χ1n) is 8.86. The van der Waals surface area contributed by atoms with Crippen molar-refractivity contribution >= 4 is 0 Å². The third-order valence-corrected chi connectivity index (χ3v) is 5.53. The molecule has 0 radical (unpaired) electrons. The molecule has 0 spiro atoms. The van der Waals surface area contributed by atoms with Gasteiger partial charge in [-0.3, -0.25) is 9.80 Å². The van der Waals surface area contributed by atoms with E-state index in [1.54, 1.807) is 7.11 Å². The largest absolute Gasteiger partial charge is 0.496 e. The van der Waals surface area contributed by atoms with Crippen molar-refractivity contribution < 1.29 is 4.74 Å². The summed E-state index contributed by atoms with van der Waals surface area (Å²) < 4.78 is 5.48. The molecule has 0 aromatic heterocycles. The fraction of sp³-hybridized carbons (Fsp3) is 0.684. The summed E-state index contributed by atoms with van der Waals surface area (Å²) >= 11 is 0. The standard InChI is InChI=1S/C19H30N2O/c1-16-7-3-5-9-18(16)21-13-11-20(12-14-21)15-17-8-4-6-10-19(17)22-2/h4,6,8,10,16,18H,3,5,7,9,11-15H2,1-2H3. The predicted octanol–water partition coefficient (Wildman–Crippen LogP) is 3.39. The van der Waals surface area contributed by atoms with Gasteiger partial charge in [-0.15, -0.1) is 0 Å². The van der Waals surface area contributed by atoms with Crippen LogP contribution in [0.3, 0.4) is 0 Å². The lowest BCUT2D eigenvalue weighted by atomic mass is 9.84. The first-order valence-corrected chi connectivity index (χ1v) is 8.86. The second-order valence-corrected chi connectivity index (χ2v) is 6.95. The van der Waals surface area contributed by atoms with Gasteiger partial charge in [0, 0.05) is 44.3 Å². The summed E-state index contributed by atoms with van der Waals surface area (Å²) in [7, 11) is 1.77. The van der Waals surface area contributed by atoms with Gasteiger partial charge < -0.3 is 4.74 Å². The van der Waals surface area contributed by atoms with Crippen molar-refractivity contribution in [2.75, 3.05) is 33.3 Å². The van der Waals surface area contributed by atoms with Gasteiger partial charge in [-0.25, -0.2) is 0 Å². The maximum Gasteiger partial charge on any atom is 0.123 e. The van der Waals surface area contributed by atoms with E-state index in [4.69, 9.17) is 4.74 Å². The highest BCUT2D eigenvalue weighted by Crippen LogP contribution is 2.29. The van der Waals surface area contributed by atoms with Gasteiger partial charge in [0.15, 0.2) is 0 Å². The maximum absolute atomic E-state index is 5.48. The lowest BCUT2D eigenvalue weighted by molar-refractivity contribution is 0.0515. The fourth-order valence-electron chi connectivity index (χ4n) is 4.17. The molecule has 2 fully saturated rings. The topological polar surface area (TPSA) is 15.7 Å². The molecule has 2 atom stereocenters. The van der Waals surface area contributed by atoms with Crippen LogP contribution in [-0.4, -0.2) is 49.1 Å². The van der Waals surface area contributed by atoms with E-state index < -0.39 is 0 Å². The zero-order valence-corrected chi connectivity index (χ0v) is 14.1. The molecule has 3 heteroatoms. The second kappa shape index (κ2) is 7.47. The normalized spacial score (nSPS) is 27.7. The number of methoxy groups -OCH3 is 1. The summed E-state index contributed by atoms with van der Waals surface area (Å²) in [5.74, 6) is 1.90. The highest BCUT2D eigenvalue weighted by molar-refractivity contribution is 5.33. The van der Waals surface area contributed by atoms with E-state index in [1.807, 2.05) is 6.07 Å². The van der Waals surface area contributed by atoms with Crippen LogP contribution in [0.5, 0.6) is 5.75 Å². The quantitative estimate of drug-likeness (QED) is 0.848. The van der Waals surface area contributed by atoms with Crippen LogP contribution < -0.4 is 4.74 Å². The van der Waals surface area contributed by atoms with E-state index in [9.17, 15) is 0 Å². The lowest BCUT2D eigenvalue weighted by Crippen LogP contribution is -2.52. The van der Waals surface area contributed by atoms with Crippen molar-refractivity contribution in [3.05, 3.63) is 29.8 Å². The molecule has 0 bridgehead atoms. The highest BCUT2D eigenvalue weighted by atomic mass is 16.5. The van der Waals surface area contributed by atoms with E-state index in [1.165, 1.54) is 57.4 Å². The number of hydrogen-bond donors (Lipinski definition) is 0. The predicted molar refractivity (Wildman–Crippen MR) is 91.3 cm³/mol. The Bertz CT molecular complexity index is 468. The van der Waals surface area contributed by atoms with Gasteiger partial charge in [-0.05, 0) is 24.8 Å². The lowest BCUT2D eigenvalue weighted by Gasteiger charge is -2.43. The molecule has 1 aromatic carbocycles. The van der Waals surface area contributed by atoms with Crippen LogP contribution in [0.2, 0.25) is 0 Å². The zero-order chi connectivity index (χ0) is 15.4. The van der Waals surface area contributed by atoms with Crippen LogP contribution in [0.25, 0.3) is 0 Å². The molecule has 122 valence electrons. The van der Waals surface area contributed by atoms with Crippen molar-refractivity contribution in [2.24, 2.45) is 5.92 Å². The SMILES string of the molecule is COc1ccccc1CN1CCN(C2CCCCC2C)CC1. The van der Waals surface area contributed by atoms with Crippen LogP contribution in [0.4, 0.5) is 0 Å². The summed E-state index contributed by atoms with van der Waals surface area (Å²) in [6.07, 6.45) is 5.70. The molecule has 2 aliphatic rings. The molecule has 0 N–H and O–H groups in total. The van der Waals surface area contributed by atoms with Crippen LogP contribution in [-0.2, 0) is 6.54 Å². The van der Waals surface area contributed by atoms with Crippen molar-refractivity contribution in [2.45, 2.75) is 45.2 Å². The van der Waals surface area contributed by atoms with Crippen LogP contribution in [0.15, 0.2) is 24.3 Å². The van der Waals surface area contributed by atoms with Gasteiger partial charge >= 0.3 is 0 Å². The van der Waals surface area contributed by atoms with E-state index in [0.717, 1.165) is 24.3 Å². The van der Waals surface area contributed by atoms with Crippen LogP contribution in [0, 0.1) is 5.92 Å². The van der Waals surface area contributed by atoms with Crippen LogP contribution >= 0.6 is 0 Å². The number of nitrogens with zero attached hydrogens (tertiary/aromatic N) is 2. The first kappa shape index (κ1) is 15.8. The Labute approximate surface area is 135 Å². The molecule has 0 amide bonds. The van der Waals surface area contributed by atoms with Gasteiger partial charge in [0.25, 0.3) is 0 Å². The average molecular weight is 302 g/mol. The fourth-order valence-corrected chi connectivity index (χ4v) is 4.17. The Balaban J connectivity index is 1.53. The van der Waals surface area contributed by atoms with E-state index in [0.29, 0.717) is 0 Å². The molecule has 3 rings (SSSR count). The Hall–Kier alpha value is -1.06. The third-order valence-electron chi connectivity index (χ3n) is 5.53. The number of rotatable bonds is 4. The number of benzene rings is 1. The Morgan fingerprint density at radius 1 is 1.05 bits per heavy atom. The minimum atomic E-state index is 0.835. The number of piperazine rings is 1. The molecule has 1 saturated heterocycles. The minimum Gasteiger partial charge on any atom is -0.496 e. The maximum atomic E-state index is 5.48. The molecular weight excluding hydrogens is 272 g/mol. The van der Waals surface area contributed by atoms with E-state index in [-0.39, 0.29) is 0 Å². The summed E-state index contributed by atoms with van der Waals surface area (Å²) in [5, 5.41) is 0. The van der Waals surface area contributed by atoms with Gasteiger partial charge in [0.1, 0.15) is 5.75 Å². The van der Waals surface area contributed by atoms with Gasteiger partial charge in [-0.2, -0.15) is 0 Å². The first-order chi connectivity index (χ1) is 10.8. The smallest absolute Gasteiger partial charge is 0.123 e. The van der Waals surface area contributed by atoms with Gasteiger partial charge in [-0.1, -0.05) is 38.0 Å². The Morgan fingerprint density at radius 2 is 1.77 bits per heavy atom. The third kappa shape index (κ3) is 3.64. The molecular formula is C19H30N2O. The van der Waals surface area contributed by atoms with E-state index in [2.05, 4.69) is 34.9 Å². The molecule has 2 unspecified atom stereocenters. The summed E-state index contributed by atoms with van der Waals surface area (Å²) in [5.41, 5.74) is 1.31. The summed E-state index contributed by atoms with van der Waals surface area (Å²) in [4.78, 5) is 5.32. The second-order valence-electron chi connectivity index (χ2n) is 6.95. The minimum absolute atomic E-state index is 0.835. The van der Waals surface area contributed by atoms with Crippen molar-refractivity contribution in [3.63, 3.8) is 0 Å². The highest BCUT2D eigenvalue weighted by Gasteiger charge is 2.29. The molecule has 1 saturated carbocycles. The number of hydrogen-bond acceptors (Lipinski definition) is 3. The Kier molecular flexibility index (Phi) is 5.37. The molecule has 22 heavy (non-hydrogen) atoms. The van der Waals surface area contributed by atoms with Crippen LogP contribution in [0.1, 0.15) is 38.2 Å². The molecule has 1 aliphatic heterocycles. The number of ether oxygens (including phenoxy) is 1. The van der Waals surface area contributed by atoms with E-state index >= 15 is 0 Å². The monoisotopic (exact) mass is 302 g/mol. The molecule has 1 aromatic rings. The zero-order valence-electron chi connectivity index (χ0n) is 14.1. The Morgan fingerprint density at radius 3 is 2.50 bits per heavy atom. The van der Waals surface area contributed by atoms with Gasteiger partial charge in [0.05, 0.1) is 7.11 Å². The average Bonchev–Trinajstić information content (AvgIpc) is 2.57. The molecule has 3 nitrogen and oxygen atoms in total.